The first kappa shape index (κ1) is 36.6. The summed E-state index contributed by atoms with van der Waals surface area (Å²) in [6, 6.07) is 79.7. The van der Waals surface area contributed by atoms with Crippen LogP contribution in [0.25, 0.3) is 67.4 Å². The zero-order chi connectivity index (χ0) is 41.2. The lowest BCUT2D eigenvalue weighted by Gasteiger charge is -2.26. The zero-order valence-corrected chi connectivity index (χ0v) is 33.5. The zero-order valence-electron chi connectivity index (χ0n) is 33.5. The number of hydrogen-bond donors (Lipinski definition) is 0. The van der Waals surface area contributed by atoms with E-state index in [0.717, 1.165) is 89.7 Å². The SMILES string of the molecule is c1ccc(N(c2ccc(-c3ccc(-c4ccc(N(c5ccccc5)c5ccc(-c6nc7ccccc7o6)cc5)cc4)cc3)cc2)c2ccc(-c3nc4ccccc4o3)cc2)cc1. The fourth-order valence-corrected chi connectivity index (χ4v) is 8.01. The summed E-state index contributed by atoms with van der Waals surface area (Å²) in [7, 11) is 0. The van der Waals surface area contributed by atoms with Crippen molar-refractivity contribution in [2.45, 2.75) is 0 Å². The summed E-state index contributed by atoms with van der Waals surface area (Å²) in [6.45, 7) is 0. The second kappa shape index (κ2) is 15.9. The first-order valence-electron chi connectivity index (χ1n) is 20.6. The van der Waals surface area contributed by atoms with E-state index in [2.05, 4.69) is 180 Å². The molecule has 0 unspecified atom stereocenters. The maximum atomic E-state index is 6.05. The topological polar surface area (TPSA) is 58.5 Å². The number of benzene rings is 9. The molecule has 0 amide bonds. The van der Waals surface area contributed by atoms with Crippen molar-refractivity contribution in [2.75, 3.05) is 9.80 Å². The fourth-order valence-electron chi connectivity index (χ4n) is 8.01. The highest BCUT2D eigenvalue weighted by atomic mass is 16.4. The van der Waals surface area contributed by atoms with Crippen molar-refractivity contribution in [2.24, 2.45) is 0 Å². The number of fused-ring (bicyclic) bond motifs is 2. The summed E-state index contributed by atoms with van der Waals surface area (Å²) in [4.78, 5) is 13.9. The minimum Gasteiger partial charge on any atom is -0.436 e. The van der Waals surface area contributed by atoms with E-state index in [1.54, 1.807) is 0 Å². The van der Waals surface area contributed by atoms with Gasteiger partial charge in [-0.2, -0.15) is 0 Å². The lowest BCUT2D eigenvalue weighted by Crippen LogP contribution is -2.09. The lowest BCUT2D eigenvalue weighted by atomic mass is 9.99. The Bertz CT molecular complexity index is 2960. The molecule has 294 valence electrons. The number of para-hydroxylation sites is 6. The third-order valence-corrected chi connectivity index (χ3v) is 11.2. The Morgan fingerprint density at radius 3 is 0.823 bits per heavy atom. The van der Waals surface area contributed by atoms with Gasteiger partial charge in [-0.05, 0) is 144 Å². The molecule has 9 aromatic carbocycles. The van der Waals surface area contributed by atoms with Crippen LogP contribution in [-0.4, -0.2) is 9.97 Å². The summed E-state index contributed by atoms with van der Waals surface area (Å²) in [5.74, 6) is 1.23. The van der Waals surface area contributed by atoms with E-state index in [1.807, 2.05) is 60.7 Å². The molecule has 0 N–H and O–H groups in total. The first-order valence-corrected chi connectivity index (χ1v) is 20.6. The van der Waals surface area contributed by atoms with Gasteiger partial charge in [0.05, 0.1) is 0 Å². The van der Waals surface area contributed by atoms with E-state index in [-0.39, 0.29) is 0 Å². The summed E-state index contributed by atoms with van der Waals surface area (Å²) < 4.78 is 12.1. The Balaban J connectivity index is 0.825. The number of hydrogen-bond acceptors (Lipinski definition) is 6. The second-order valence-corrected chi connectivity index (χ2v) is 15.1. The van der Waals surface area contributed by atoms with Crippen LogP contribution in [0.2, 0.25) is 0 Å². The molecule has 0 aliphatic rings. The molecule has 0 aliphatic carbocycles. The molecule has 0 saturated carbocycles. The predicted octanol–water partition coefficient (Wildman–Crippen LogP) is 15.6. The van der Waals surface area contributed by atoms with Crippen molar-refractivity contribution >= 4 is 56.3 Å². The minimum absolute atomic E-state index is 0.613. The van der Waals surface area contributed by atoms with E-state index in [9.17, 15) is 0 Å². The Hall–Kier alpha value is -8.48. The maximum Gasteiger partial charge on any atom is 0.227 e. The molecule has 6 heteroatoms. The van der Waals surface area contributed by atoms with Crippen molar-refractivity contribution in [3.05, 3.63) is 231 Å². The van der Waals surface area contributed by atoms with Gasteiger partial charge < -0.3 is 18.6 Å². The van der Waals surface area contributed by atoms with Gasteiger partial charge in [-0.25, -0.2) is 9.97 Å². The van der Waals surface area contributed by atoms with Gasteiger partial charge in [0.15, 0.2) is 11.2 Å². The summed E-state index contributed by atoms with van der Waals surface area (Å²) >= 11 is 0. The van der Waals surface area contributed by atoms with Crippen molar-refractivity contribution in [3.63, 3.8) is 0 Å². The van der Waals surface area contributed by atoms with Crippen molar-refractivity contribution < 1.29 is 8.83 Å². The van der Waals surface area contributed by atoms with Crippen LogP contribution in [0.1, 0.15) is 0 Å². The lowest BCUT2D eigenvalue weighted by molar-refractivity contribution is 0.619. The molecule has 0 bridgehead atoms. The molecule has 0 radical (unpaired) electrons. The average molecular weight is 799 g/mol. The molecule has 0 saturated heterocycles. The minimum atomic E-state index is 0.613. The van der Waals surface area contributed by atoms with Crippen LogP contribution >= 0.6 is 0 Å². The van der Waals surface area contributed by atoms with Gasteiger partial charge in [0.1, 0.15) is 11.0 Å². The smallest absolute Gasteiger partial charge is 0.227 e. The Kier molecular flexibility index (Phi) is 9.41. The quantitative estimate of drug-likeness (QED) is 0.137. The number of anilines is 6. The highest BCUT2D eigenvalue weighted by molar-refractivity contribution is 5.83. The Labute approximate surface area is 359 Å². The number of oxazole rings is 2. The van der Waals surface area contributed by atoms with Gasteiger partial charge >= 0.3 is 0 Å². The van der Waals surface area contributed by atoms with E-state index < -0.39 is 0 Å². The molecule has 2 heterocycles. The van der Waals surface area contributed by atoms with Gasteiger partial charge in [-0.1, -0.05) is 109 Å². The molecule has 11 aromatic rings. The molecular weight excluding hydrogens is 761 g/mol. The number of aromatic nitrogens is 2. The van der Waals surface area contributed by atoms with Crippen LogP contribution in [0.5, 0.6) is 0 Å². The van der Waals surface area contributed by atoms with Gasteiger partial charge in [-0.3, -0.25) is 0 Å². The number of nitrogens with zero attached hydrogens (tertiary/aromatic N) is 4. The molecule has 2 aromatic heterocycles. The fraction of sp³-hybridized carbons (Fsp3) is 0. The molecule has 11 rings (SSSR count). The molecule has 0 spiro atoms. The van der Waals surface area contributed by atoms with Crippen LogP contribution in [0, 0.1) is 0 Å². The normalized spacial score (nSPS) is 11.2. The highest BCUT2D eigenvalue weighted by Crippen LogP contribution is 2.39. The largest absolute Gasteiger partial charge is 0.436 e. The molecule has 0 aliphatic heterocycles. The third kappa shape index (κ3) is 7.16. The summed E-state index contributed by atoms with van der Waals surface area (Å²) in [5, 5.41) is 0. The van der Waals surface area contributed by atoms with Gasteiger partial charge in [-0.15, -0.1) is 0 Å². The number of rotatable bonds is 10. The van der Waals surface area contributed by atoms with E-state index in [1.165, 1.54) is 0 Å². The average Bonchev–Trinajstić information content (AvgIpc) is 3.99. The van der Waals surface area contributed by atoms with Gasteiger partial charge in [0.2, 0.25) is 11.8 Å². The van der Waals surface area contributed by atoms with E-state index >= 15 is 0 Å². The van der Waals surface area contributed by atoms with Crippen LogP contribution in [0.15, 0.2) is 239 Å². The Morgan fingerprint density at radius 2 is 0.500 bits per heavy atom. The predicted molar refractivity (Wildman–Crippen MR) is 253 cm³/mol. The van der Waals surface area contributed by atoms with Crippen molar-refractivity contribution in [3.8, 4) is 45.2 Å². The standard InChI is InChI=1S/C56H38N4O2/c1-3-11-45(12-4-1)59(49-35-27-43(28-36-49)55-57-51-15-7-9-17-53(51)61-55)47-31-23-41(24-32-47)39-19-21-40(22-20-39)42-25-33-48(34-26-42)60(46-13-5-2-6-14-46)50-37-29-44(30-38-50)56-58-52-16-8-10-18-54(52)62-56/h1-38H. The van der Waals surface area contributed by atoms with E-state index in [4.69, 9.17) is 18.8 Å². The Morgan fingerprint density at radius 1 is 0.242 bits per heavy atom. The third-order valence-electron chi connectivity index (χ3n) is 11.2. The van der Waals surface area contributed by atoms with Gasteiger partial charge in [0, 0.05) is 45.3 Å². The maximum absolute atomic E-state index is 6.05. The first-order chi connectivity index (χ1) is 30.7. The van der Waals surface area contributed by atoms with Crippen molar-refractivity contribution in [1.29, 1.82) is 0 Å². The molecule has 0 atom stereocenters. The van der Waals surface area contributed by atoms with Crippen LogP contribution in [0.3, 0.4) is 0 Å². The summed E-state index contributed by atoms with van der Waals surface area (Å²) in [6.07, 6.45) is 0. The van der Waals surface area contributed by atoms with Crippen molar-refractivity contribution in [1.82, 2.24) is 9.97 Å². The highest BCUT2D eigenvalue weighted by Gasteiger charge is 2.17. The molecule has 62 heavy (non-hydrogen) atoms. The summed E-state index contributed by atoms with van der Waals surface area (Å²) in [5.41, 5.74) is 16.1. The van der Waals surface area contributed by atoms with Crippen LogP contribution in [-0.2, 0) is 0 Å². The van der Waals surface area contributed by atoms with E-state index in [0.29, 0.717) is 11.8 Å². The molecule has 0 fully saturated rings. The monoisotopic (exact) mass is 798 g/mol. The molecule has 6 nitrogen and oxygen atoms in total. The van der Waals surface area contributed by atoms with Crippen LogP contribution < -0.4 is 9.80 Å². The van der Waals surface area contributed by atoms with Gasteiger partial charge in [0.25, 0.3) is 0 Å². The molecular formula is C56H38N4O2. The second-order valence-electron chi connectivity index (χ2n) is 15.1. The van der Waals surface area contributed by atoms with Crippen LogP contribution in [0.4, 0.5) is 34.1 Å².